The van der Waals surface area contributed by atoms with Gasteiger partial charge in [0.25, 0.3) is 5.91 Å². The summed E-state index contributed by atoms with van der Waals surface area (Å²) < 4.78 is 55.4. The molecule has 4 N–H and O–H groups in total. The first-order chi connectivity index (χ1) is 29.8. The lowest BCUT2D eigenvalue weighted by atomic mass is 9.98. The Bertz CT molecular complexity index is 1910. The zero-order valence-electron chi connectivity index (χ0n) is 36.8. The number of rotatable bonds is 11. The quantitative estimate of drug-likeness (QED) is 0.241. The van der Waals surface area contributed by atoms with Gasteiger partial charge in [-0.15, -0.1) is 0 Å². The third kappa shape index (κ3) is 12.1. The van der Waals surface area contributed by atoms with Gasteiger partial charge >= 0.3 is 6.18 Å². The molecule has 3 aliphatic rings. The molecule has 7 amide bonds. The second-order valence-electron chi connectivity index (χ2n) is 17.5. The van der Waals surface area contributed by atoms with Gasteiger partial charge < -0.3 is 45.3 Å². The van der Waals surface area contributed by atoms with Crippen molar-refractivity contribution in [1.29, 1.82) is 0 Å². The molecule has 0 saturated carbocycles. The van der Waals surface area contributed by atoms with E-state index in [9.17, 15) is 61.3 Å². The number of nitrogens with one attached hydrogen (secondary N) is 2. The van der Waals surface area contributed by atoms with Crippen molar-refractivity contribution in [2.24, 2.45) is 5.92 Å². The molecular weight excluding hydrogens is 893 g/mol. The van der Waals surface area contributed by atoms with E-state index in [0.717, 1.165) is 4.90 Å². The number of alkyl halides is 4. The Hall–Kier alpha value is -4.27. The molecular formula is C42H59Cl2F4N7O9. The van der Waals surface area contributed by atoms with Crippen LogP contribution in [0.15, 0.2) is 18.2 Å². The minimum atomic E-state index is -5.47. The van der Waals surface area contributed by atoms with Crippen LogP contribution in [0.3, 0.4) is 0 Å². The molecule has 1 aromatic carbocycles. The third-order valence-corrected chi connectivity index (χ3v) is 12.8. The number of nitrogens with zero attached hydrogens (tertiary/aromatic N) is 5. The van der Waals surface area contributed by atoms with E-state index in [0.29, 0.717) is 29.8 Å². The molecule has 64 heavy (non-hydrogen) atoms. The highest BCUT2D eigenvalue weighted by Gasteiger charge is 2.59. The van der Waals surface area contributed by atoms with Crippen LogP contribution in [-0.4, -0.2) is 178 Å². The summed E-state index contributed by atoms with van der Waals surface area (Å²) in [5.41, 5.74) is -3.50. The van der Waals surface area contributed by atoms with Crippen molar-refractivity contribution < 1.29 is 61.3 Å². The van der Waals surface area contributed by atoms with E-state index in [1.165, 1.54) is 28.8 Å². The Kier molecular flexibility index (Phi) is 17.8. The number of likely N-dealkylation sites (tertiary alicyclic amines) is 1. The lowest BCUT2D eigenvalue weighted by molar-refractivity contribution is -0.250. The van der Waals surface area contributed by atoms with Gasteiger partial charge in [-0.05, 0) is 81.5 Å². The molecule has 0 spiro atoms. The summed E-state index contributed by atoms with van der Waals surface area (Å²) in [4.78, 5) is 104. The third-order valence-electron chi connectivity index (χ3n) is 12.2. The highest BCUT2D eigenvalue weighted by atomic mass is 35.5. The Labute approximate surface area is 379 Å². The number of halogens is 6. The van der Waals surface area contributed by atoms with Crippen LogP contribution in [0.2, 0.25) is 10.0 Å². The molecule has 1 aromatic rings. The van der Waals surface area contributed by atoms with Crippen molar-refractivity contribution in [1.82, 2.24) is 35.1 Å². The van der Waals surface area contributed by atoms with Gasteiger partial charge in [-0.3, -0.25) is 33.6 Å². The lowest BCUT2D eigenvalue weighted by Gasteiger charge is -2.37. The number of hydrogen-bond donors (Lipinski definition) is 4. The Morgan fingerprint density at radius 3 is 2.30 bits per heavy atom. The fourth-order valence-electron chi connectivity index (χ4n) is 8.40. The first kappa shape index (κ1) is 52.4. The van der Waals surface area contributed by atoms with Gasteiger partial charge in [-0.2, -0.15) is 13.2 Å². The van der Waals surface area contributed by atoms with Gasteiger partial charge in [0.05, 0.1) is 6.54 Å². The van der Waals surface area contributed by atoms with Crippen LogP contribution in [-0.2, 0) is 40.0 Å². The Morgan fingerprint density at radius 1 is 1.00 bits per heavy atom. The van der Waals surface area contributed by atoms with Crippen molar-refractivity contribution in [3.63, 3.8) is 0 Å². The van der Waals surface area contributed by atoms with Crippen molar-refractivity contribution in [3.8, 4) is 0 Å². The minimum absolute atomic E-state index is 0.0286. The number of aliphatic hydroxyl groups excluding tert-OH is 1. The summed E-state index contributed by atoms with van der Waals surface area (Å²) in [7, 11) is 4.23. The van der Waals surface area contributed by atoms with Crippen molar-refractivity contribution in [2.45, 2.75) is 133 Å². The minimum Gasteiger partial charge on any atom is -0.396 e. The molecule has 3 aliphatic heterocycles. The predicted molar refractivity (Wildman–Crippen MR) is 226 cm³/mol. The van der Waals surface area contributed by atoms with Gasteiger partial charge in [0, 0.05) is 63.7 Å². The number of amides is 7. The monoisotopic (exact) mass is 951 g/mol. The van der Waals surface area contributed by atoms with E-state index in [2.05, 4.69) is 10.6 Å². The molecule has 0 unspecified atom stereocenters. The molecule has 22 heteroatoms. The fraction of sp³-hybridized carbons (Fsp3) is 0.690. The Balaban J connectivity index is 1.68. The van der Waals surface area contributed by atoms with Crippen molar-refractivity contribution >= 4 is 64.6 Å². The molecule has 16 nitrogen and oxygen atoms in total. The summed E-state index contributed by atoms with van der Waals surface area (Å²) in [5, 5.41) is 25.6. The summed E-state index contributed by atoms with van der Waals surface area (Å²) >= 11 is 12.9. The van der Waals surface area contributed by atoms with Crippen LogP contribution in [0.1, 0.15) is 77.7 Å². The average molecular weight is 953 g/mol. The van der Waals surface area contributed by atoms with Crippen LogP contribution in [0.4, 0.5) is 17.6 Å². The van der Waals surface area contributed by atoms with Gasteiger partial charge in [0.15, 0.2) is 0 Å². The number of aliphatic hydroxyl groups is 2. The summed E-state index contributed by atoms with van der Waals surface area (Å²) in [6.45, 7) is 2.62. The van der Waals surface area contributed by atoms with E-state index in [-0.39, 0.29) is 67.4 Å². The molecule has 4 rings (SSSR count). The highest BCUT2D eigenvalue weighted by Crippen LogP contribution is 2.35. The van der Waals surface area contributed by atoms with E-state index < -0.39 is 116 Å². The zero-order chi connectivity index (χ0) is 48.0. The number of fused-ring (bicyclic) bond motifs is 1. The normalized spacial score (nSPS) is 25.9. The van der Waals surface area contributed by atoms with E-state index in [1.54, 1.807) is 25.2 Å². The number of benzene rings is 1. The second-order valence-corrected chi connectivity index (χ2v) is 18.3. The van der Waals surface area contributed by atoms with E-state index >= 15 is 0 Å². The molecule has 0 radical (unpaired) electrons. The smallest absolute Gasteiger partial charge is 0.396 e. The highest BCUT2D eigenvalue weighted by molar-refractivity contribution is 6.33. The molecule has 3 heterocycles. The predicted octanol–water partition coefficient (Wildman–Crippen LogP) is 2.47. The lowest BCUT2D eigenvalue weighted by Crippen LogP contribution is -2.61. The Morgan fingerprint density at radius 2 is 1.67 bits per heavy atom. The molecule has 3 saturated heterocycles. The van der Waals surface area contributed by atoms with Crippen LogP contribution in [0, 0.1) is 5.92 Å². The molecule has 0 aliphatic carbocycles. The van der Waals surface area contributed by atoms with Gasteiger partial charge in [0.1, 0.15) is 42.4 Å². The molecule has 3 fully saturated rings. The number of likely N-dealkylation sites (N-methyl/N-ethyl adjacent to an activating group) is 3. The zero-order valence-corrected chi connectivity index (χ0v) is 38.3. The SMILES string of the molecule is CC(C)C[C@@H]1NC(=O)[C@@H](N(C)C(=O)[C@H](CCO)NC(=O)[C@@H]2C[C@@H](F)CN2C(=O)[C@@](C)(O)C(F)(F)F)CCCCN(C)C(=O)[C@H]2CCCN2C(=O)[C@H](Cc2cc(Cl)ccc2Cl)N(C)C1=O. The summed E-state index contributed by atoms with van der Waals surface area (Å²) in [6.07, 6.45) is -7.16. The number of carbonyl (C=O) groups is 7. The average Bonchev–Trinajstić information content (AvgIpc) is 3.88. The second kappa shape index (κ2) is 21.8. The maximum absolute atomic E-state index is 14.6. The standard InChI is InChI=1S/C42H59Cl2F4N7O9/c1-23(2)18-29-37(60)53(6)33(20-24-19-25(43)12-13-27(24)44)39(62)54-16-9-11-31(54)38(61)51(4)15-8-7-10-30(34(57)50-29)52(5)36(59)28(14-17-56)49-35(58)32-21-26(45)22-55(32)40(63)41(3,64)42(46,47)48/h12-13,19,23,26,28-33,56,64H,7-11,14-18,20-22H2,1-6H3,(H,49,58)(H,50,57)/t26-,28+,29+,30+,31-,32+,33+,41-/m1/s1. The number of carbonyl (C=O) groups excluding carboxylic acids is 7. The largest absolute Gasteiger partial charge is 0.426 e. The van der Waals surface area contributed by atoms with Crippen molar-refractivity contribution in [3.05, 3.63) is 33.8 Å². The first-order valence-corrected chi connectivity index (χ1v) is 22.1. The molecule has 358 valence electrons. The van der Waals surface area contributed by atoms with Gasteiger partial charge in [-0.1, -0.05) is 37.0 Å². The first-order valence-electron chi connectivity index (χ1n) is 21.3. The summed E-state index contributed by atoms with van der Waals surface area (Å²) in [5.74, 6) is -6.63. The van der Waals surface area contributed by atoms with Crippen LogP contribution in [0.5, 0.6) is 0 Å². The maximum atomic E-state index is 14.6. The van der Waals surface area contributed by atoms with Crippen LogP contribution in [0.25, 0.3) is 0 Å². The van der Waals surface area contributed by atoms with Crippen LogP contribution < -0.4 is 10.6 Å². The molecule has 0 bridgehead atoms. The summed E-state index contributed by atoms with van der Waals surface area (Å²) in [6, 6.07) is -3.42. The van der Waals surface area contributed by atoms with Gasteiger partial charge in [-0.25, -0.2) is 4.39 Å². The topological polar surface area (TPSA) is 200 Å². The van der Waals surface area contributed by atoms with Gasteiger partial charge in [0.2, 0.25) is 41.0 Å². The molecule has 8 atom stereocenters. The van der Waals surface area contributed by atoms with E-state index in [1.807, 2.05) is 13.8 Å². The van der Waals surface area contributed by atoms with Crippen LogP contribution >= 0.6 is 23.2 Å². The number of hydrogen-bond acceptors (Lipinski definition) is 9. The maximum Gasteiger partial charge on any atom is 0.426 e. The van der Waals surface area contributed by atoms with E-state index in [4.69, 9.17) is 23.2 Å². The fourth-order valence-corrected chi connectivity index (χ4v) is 8.79. The molecule has 0 aromatic heterocycles. The van der Waals surface area contributed by atoms with Crippen molar-refractivity contribution in [2.75, 3.05) is 47.4 Å².